The summed E-state index contributed by atoms with van der Waals surface area (Å²) in [7, 11) is 0. The van der Waals surface area contributed by atoms with Crippen molar-refractivity contribution in [3.63, 3.8) is 0 Å². The van der Waals surface area contributed by atoms with Crippen molar-refractivity contribution in [2.45, 2.75) is 0 Å². The van der Waals surface area contributed by atoms with E-state index in [-0.39, 0.29) is 23.8 Å². The number of para-hydroxylation sites is 1. The number of aliphatic hydroxyl groups excluding tert-OH is 1. The van der Waals surface area contributed by atoms with Crippen molar-refractivity contribution < 1.29 is 14.7 Å². The fourth-order valence-corrected chi connectivity index (χ4v) is 1.75. The van der Waals surface area contributed by atoms with Gasteiger partial charge in [-0.15, -0.1) is 11.8 Å². The number of thioether (sulfide) groups is 1. The normalized spacial score (nSPS) is 9.94. The van der Waals surface area contributed by atoms with Gasteiger partial charge < -0.3 is 16.2 Å². The molecule has 0 aliphatic carbocycles. The second-order valence-corrected chi connectivity index (χ2v) is 4.34. The van der Waals surface area contributed by atoms with Crippen molar-refractivity contribution in [2.24, 2.45) is 5.73 Å². The Morgan fingerprint density at radius 1 is 1.35 bits per heavy atom. The summed E-state index contributed by atoms with van der Waals surface area (Å²) >= 11 is 1.32. The van der Waals surface area contributed by atoms with Crippen LogP contribution in [0.3, 0.4) is 0 Å². The standard InChI is InChI=1S/C11H14N2O3S/c12-11(16)8-3-1-2-4-9(8)13-10(15)7-17-6-5-14/h1-4,14H,5-7H2,(H2,12,16)(H,13,15). The average molecular weight is 254 g/mol. The van der Waals surface area contributed by atoms with Gasteiger partial charge in [-0.25, -0.2) is 0 Å². The van der Waals surface area contributed by atoms with Gasteiger partial charge in [0.25, 0.3) is 5.91 Å². The molecule has 4 N–H and O–H groups in total. The average Bonchev–Trinajstić information content (AvgIpc) is 2.29. The smallest absolute Gasteiger partial charge is 0.250 e. The maximum atomic E-state index is 11.5. The summed E-state index contributed by atoms with van der Waals surface area (Å²) < 4.78 is 0. The first kappa shape index (κ1) is 13.5. The molecule has 0 atom stereocenters. The first-order valence-electron chi connectivity index (χ1n) is 5.02. The minimum atomic E-state index is -0.580. The van der Waals surface area contributed by atoms with E-state index in [4.69, 9.17) is 10.8 Å². The maximum Gasteiger partial charge on any atom is 0.250 e. The minimum absolute atomic E-state index is 0.0375. The number of nitrogens with two attached hydrogens (primary N) is 1. The number of nitrogens with one attached hydrogen (secondary N) is 1. The molecule has 6 heteroatoms. The Hall–Kier alpha value is -1.53. The van der Waals surface area contributed by atoms with Crippen LogP contribution in [0.1, 0.15) is 10.4 Å². The van der Waals surface area contributed by atoms with E-state index in [1.807, 2.05) is 0 Å². The predicted molar refractivity (Wildman–Crippen MR) is 68.0 cm³/mol. The zero-order valence-corrected chi connectivity index (χ0v) is 10.00. The molecule has 0 saturated carbocycles. The van der Waals surface area contributed by atoms with Gasteiger partial charge in [-0.1, -0.05) is 12.1 Å². The molecule has 0 saturated heterocycles. The van der Waals surface area contributed by atoms with Crippen LogP contribution in [-0.2, 0) is 4.79 Å². The Morgan fingerprint density at radius 3 is 2.71 bits per heavy atom. The minimum Gasteiger partial charge on any atom is -0.396 e. The second-order valence-electron chi connectivity index (χ2n) is 3.23. The highest BCUT2D eigenvalue weighted by Gasteiger charge is 2.09. The van der Waals surface area contributed by atoms with Gasteiger partial charge in [0.2, 0.25) is 5.91 Å². The van der Waals surface area contributed by atoms with Gasteiger partial charge in [-0.2, -0.15) is 0 Å². The van der Waals surface area contributed by atoms with Crippen LogP contribution >= 0.6 is 11.8 Å². The number of hydrogen-bond acceptors (Lipinski definition) is 4. The summed E-state index contributed by atoms with van der Waals surface area (Å²) in [5.74, 6) is -0.0699. The highest BCUT2D eigenvalue weighted by atomic mass is 32.2. The molecule has 1 rings (SSSR count). The lowest BCUT2D eigenvalue weighted by Gasteiger charge is -2.08. The van der Waals surface area contributed by atoms with Crippen LogP contribution in [0.25, 0.3) is 0 Å². The fraction of sp³-hybridized carbons (Fsp3) is 0.273. The van der Waals surface area contributed by atoms with Gasteiger partial charge in [-0.3, -0.25) is 9.59 Å². The third-order valence-electron chi connectivity index (χ3n) is 1.94. The van der Waals surface area contributed by atoms with Crippen molar-refractivity contribution in [3.05, 3.63) is 29.8 Å². The third-order valence-corrected chi connectivity index (χ3v) is 2.87. The Kier molecular flexibility index (Phi) is 5.51. The number of rotatable bonds is 6. The second kappa shape index (κ2) is 6.93. The first-order chi connectivity index (χ1) is 8.15. The Bertz CT molecular complexity index is 409. The molecule has 0 spiro atoms. The lowest BCUT2D eigenvalue weighted by atomic mass is 10.1. The van der Waals surface area contributed by atoms with Gasteiger partial charge in [0.1, 0.15) is 0 Å². The van der Waals surface area contributed by atoms with Crippen molar-refractivity contribution >= 4 is 29.3 Å². The molecular weight excluding hydrogens is 240 g/mol. The molecule has 0 aliphatic rings. The zero-order chi connectivity index (χ0) is 12.7. The number of hydrogen-bond donors (Lipinski definition) is 3. The number of primary amides is 1. The topological polar surface area (TPSA) is 92.4 Å². The molecule has 0 aliphatic heterocycles. The van der Waals surface area contributed by atoms with Crippen LogP contribution in [0.15, 0.2) is 24.3 Å². The number of carbonyl (C=O) groups excluding carboxylic acids is 2. The lowest BCUT2D eigenvalue weighted by Crippen LogP contribution is -2.19. The number of aliphatic hydroxyl groups is 1. The van der Waals surface area contributed by atoms with E-state index < -0.39 is 5.91 Å². The maximum absolute atomic E-state index is 11.5. The molecule has 0 fully saturated rings. The molecule has 0 unspecified atom stereocenters. The van der Waals surface area contributed by atoms with Crippen molar-refractivity contribution in [1.29, 1.82) is 0 Å². The zero-order valence-electron chi connectivity index (χ0n) is 9.18. The summed E-state index contributed by atoms with van der Waals surface area (Å²) in [5.41, 5.74) is 5.88. The monoisotopic (exact) mass is 254 g/mol. The number of benzene rings is 1. The summed E-state index contributed by atoms with van der Waals surface area (Å²) in [6, 6.07) is 6.56. The molecule has 5 nitrogen and oxygen atoms in total. The summed E-state index contributed by atoms with van der Waals surface area (Å²) in [6.45, 7) is 0.0375. The highest BCUT2D eigenvalue weighted by Crippen LogP contribution is 2.14. The summed E-state index contributed by atoms with van der Waals surface area (Å²) in [4.78, 5) is 22.6. The Morgan fingerprint density at radius 2 is 2.06 bits per heavy atom. The van der Waals surface area contributed by atoms with Crippen LogP contribution < -0.4 is 11.1 Å². The predicted octanol–water partition coefficient (Wildman–Crippen LogP) is 0.449. The Balaban J connectivity index is 2.61. The molecule has 1 aromatic carbocycles. The van der Waals surface area contributed by atoms with E-state index in [2.05, 4.69) is 5.32 Å². The van der Waals surface area contributed by atoms with E-state index in [9.17, 15) is 9.59 Å². The molecule has 0 heterocycles. The molecule has 1 aromatic rings. The molecule has 92 valence electrons. The van der Waals surface area contributed by atoms with E-state index >= 15 is 0 Å². The largest absolute Gasteiger partial charge is 0.396 e. The van der Waals surface area contributed by atoms with E-state index in [1.165, 1.54) is 11.8 Å². The molecule has 0 bridgehead atoms. The molecule has 0 radical (unpaired) electrons. The van der Waals surface area contributed by atoms with Gasteiger partial charge in [0.05, 0.1) is 23.6 Å². The van der Waals surface area contributed by atoms with E-state index in [0.717, 1.165) is 0 Å². The van der Waals surface area contributed by atoms with Crippen molar-refractivity contribution in [1.82, 2.24) is 0 Å². The summed E-state index contributed by atoms with van der Waals surface area (Å²) in [5, 5.41) is 11.2. The van der Waals surface area contributed by atoms with E-state index in [0.29, 0.717) is 11.4 Å². The highest BCUT2D eigenvalue weighted by molar-refractivity contribution is 7.99. The first-order valence-corrected chi connectivity index (χ1v) is 6.18. The van der Waals surface area contributed by atoms with Gasteiger partial charge in [0.15, 0.2) is 0 Å². The van der Waals surface area contributed by atoms with Crippen molar-refractivity contribution in [2.75, 3.05) is 23.4 Å². The number of amides is 2. The molecule has 17 heavy (non-hydrogen) atoms. The van der Waals surface area contributed by atoms with Crippen LogP contribution in [0.2, 0.25) is 0 Å². The van der Waals surface area contributed by atoms with Crippen LogP contribution in [-0.4, -0.2) is 35.0 Å². The third kappa shape index (κ3) is 4.46. The molecule has 2 amide bonds. The van der Waals surface area contributed by atoms with Crippen molar-refractivity contribution in [3.8, 4) is 0 Å². The van der Waals surface area contributed by atoms with Crippen LogP contribution in [0, 0.1) is 0 Å². The van der Waals surface area contributed by atoms with Gasteiger partial charge in [0, 0.05) is 5.75 Å². The number of carbonyl (C=O) groups is 2. The van der Waals surface area contributed by atoms with Crippen LogP contribution in [0.5, 0.6) is 0 Å². The van der Waals surface area contributed by atoms with Gasteiger partial charge >= 0.3 is 0 Å². The number of anilines is 1. The van der Waals surface area contributed by atoms with E-state index in [1.54, 1.807) is 24.3 Å². The quantitative estimate of drug-likeness (QED) is 0.643. The van der Waals surface area contributed by atoms with Gasteiger partial charge in [-0.05, 0) is 12.1 Å². The van der Waals surface area contributed by atoms with Crippen LogP contribution in [0.4, 0.5) is 5.69 Å². The molecular formula is C11H14N2O3S. The SMILES string of the molecule is NC(=O)c1ccccc1NC(=O)CSCCO. The Labute approximate surface area is 103 Å². The molecule has 0 aromatic heterocycles. The lowest BCUT2D eigenvalue weighted by molar-refractivity contribution is -0.113. The fourth-order valence-electron chi connectivity index (χ4n) is 1.22. The summed E-state index contributed by atoms with van der Waals surface area (Å²) in [6.07, 6.45) is 0.